The normalized spacial score (nSPS) is 16.6. The number of nitrogens with zero attached hydrogens (tertiary/aromatic N) is 1. The molecule has 5 heteroatoms. The van der Waals surface area contributed by atoms with Gasteiger partial charge in [0.2, 0.25) is 5.91 Å². The van der Waals surface area contributed by atoms with Gasteiger partial charge in [0.25, 0.3) is 0 Å². The van der Waals surface area contributed by atoms with Gasteiger partial charge in [0.15, 0.2) is 0 Å². The molecule has 21 heavy (non-hydrogen) atoms. The van der Waals surface area contributed by atoms with Crippen LogP contribution in [0, 0.1) is 11.8 Å². The summed E-state index contributed by atoms with van der Waals surface area (Å²) in [6.07, 6.45) is 3.26. The summed E-state index contributed by atoms with van der Waals surface area (Å²) >= 11 is 0. The Morgan fingerprint density at radius 1 is 1.33 bits per heavy atom. The molecule has 2 rings (SSSR count). The molecule has 0 saturated carbocycles. The molecule has 1 unspecified atom stereocenters. The molecule has 1 fully saturated rings. The Balaban J connectivity index is 1.85. The van der Waals surface area contributed by atoms with Crippen LogP contribution in [0.15, 0.2) is 30.3 Å². The average Bonchev–Trinajstić information content (AvgIpc) is 2.43. The van der Waals surface area contributed by atoms with Gasteiger partial charge in [-0.25, -0.2) is 0 Å². The Bertz CT molecular complexity index is 544. The molecule has 1 N–H and O–H groups in total. The number of aliphatic carboxylic acids is 1. The lowest BCUT2D eigenvalue weighted by atomic mass is 9.87. The van der Waals surface area contributed by atoms with Crippen molar-refractivity contribution in [2.45, 2.75) is 6.92 Å². The van der Waals surface area contributed by atoms with Crippen molar-refractivity contribution in [3.8, 4) is 5.75 Å². The second-order valence-electron chi connectivity index (χ2n) is 5.24. The average molecular weight is 289 g/mol. The van der Waals surface area contributed by atoms with Gasteiger partial charge in [-0.15, -0.1) is 0 Å². The van der Waals surface area contributed by atoms with Crippen LogP contribution in [0.25, 0.3) is 6.08 Å². The maximum absolute atomic E-state index is 11.9. The number of likely N-dealkylation sites (tertiary alicyclic amines) is 1. The highest BCUT2D eigenvalue weighted by Gasteiger charge is 2.36. The van der Waals surface area contributed by atoms with E-state index in [9.17, 15) is 9.59 Å². The lowest BCUT2D eigenvalue weighted by Crippen LogP contribution is -2.53. The lowest BCUT2D eigenvalue weighted by molar-refractivity contribution is -0.148. The molecule has 0 radical (unpaired) electrons. The Morgan fingerprint density at radius 2 is 1.95 bits per heavy atom. The van der Waals surface area contributed by atoms with E-state index in [1.165, 1.54) is 6.08 Å². The van der Waals surface area contributed by atoms with Crippen molar-refractivity contribution in [3.05, 3.63) is 35.9 Å². The highest BCUT2D eigenvalue weighted by molar-refractivity contribution is 5.92. The molecule has 112 valence electrons. The minimum atomic E-state index is -0.805. The summed E-state index contributed by atoms with van der Waals surface area (Å²) in [5.41, 5.74) is 0.917. The Hall–Kier alpha value is -2.30. The van der Waals surface area contributed by atoms with Gasteiger partial charge < -0.3 is 14.7 Å². The fraction of sp³-hybridized carbons (Fsp3) is 0.375. The van der Waals surface area contributed by atoms with Crippen LogP contribution in [0.4, 0.5) is 0 Å². The number of amides is 1. The summed E-state index contributed by atoms with van der Waals surface area (Å²) in [4.78, 5) is 24.4. The van der Waals surface area contributed by atoms with E-state index in [-0.39, 0.29) is 11.8 Å². The minimum Gasteiger partial charge on any atom is -0.497 e. The van der Waals surface area contributed by atoms with Crippen molar-refractivity contribution >= 4 is 18.0 Å². The smallest absolute Gasteiger partial charge is 0.306 e. The number of rotatable bonds is 5. The zero-order valence-electron chi connectivity index (χ0n) is 12.2. The van der Waals surface area contributed by atoms with Crippen LogP contribution in [0.5, 0.6) is 5.75 Å². The van der Waals surface area contributed by atoms with Crippen LogP contribution in [0.3, 0.4) is 0 Å². The van der Waals surface area contributed by atoms with Gasteiger partial charge in [-0.3, -0.25) is 9.59 Å². The van der Waals surface area contributed by atoms with Crippen molar-refractivity contribution in [1.29, 1.82) is 0 Å². The summed E-state index contributed by atoms with van der Waals surface area (Å²) in [7, 11) is 1.60. The van der Waals surface area contributed by atoms with Gasteiger partial charge in [0.1, 0.15) is 5.75 Å². The largest absolute Gasteiger partial charge is 0.497 e. The maximum atomic E-state index is 11.9. The minimum absolute atomic E-state index is 0.0563. The summed E-state index contributed by atoms with van der Waals surface area (Å²) in [5.74, 6) is -0.465. The predicted octanol–water partition coefficient (Wildman–Crippen LogP) is 1.89. The Labute approximate surface area is 123 Å². The Kier molecular flexibility index (Phi) is 4.62. The third kappa shape index (κ3) is 3.62. The van der Waals surface area contributed by atoms with Crippen LogP contribution in [0.2, 0.25) is 0 Å². The molecule has 1 aliphatic rings. The summed E-state index contributed by atoms with van der Waals surface area (Å²) < 4.78 is 5.07. The number of methoxy groups -OCH3 is 1. The quantitative estimate of drug-likeness (QED) is 0.841. The van der Waals surface area contributed by atoms with E-state index in [0.29, 0.717) is 13.1 Å². The number of benzene rings is 1. The van der Waals surface area contributed by atoms with E-state index in [4.69, 9.17) is 9.84 Å². The van der Waals surface area contributed by atoms with Crippen molar-refractivity contribution in [2.24, 2.45) is 11.8 Å². The number of carbonyl (C=O) groups excluding carboxylic acids is 1. The first-order valence-electron chi connectivity index (χ1n) is 6.85. The first-order valence-corrected chi connectivity index (χ1v) is 6.85. The van der Waals surface area contributed by atoms with Gasteiger partial charge in [-0.1, -0.05) is 19.1 Å². The number of ether oxygens (including phenoxy) is 1. The van der Waals surface area contributed by atoms with E-state index in [2.05, 4.69) is 0 Å². The molecule has 0 spiro atoms. The van der Waals surface area contributed by atoms with E-state index < -0.39 is 11.9 Å². The summed E-state index contributed by atoms with van der Waals surface area (Å²) in [6.45, 7) is 2.71. The van der Waals surface area contributed by atoms with Crippen molar-refractivity contribution in [2.75, 3.05) is 20.2 Å². The maximum Gasteiger partial charge on any atom is 0.306 e. The monoisotopic (exact) mass is 289 g/mol. The number of hydrogen-bond donors (Lipinski definition) is 1. The van der Waals surface area contributed by atoms with Crippen LogP contribution in [0.1, 0.15) is 12.5 Å². The molecule has 1 aromatic rings. The predicted molar refractivity (Wildman–Crippen MR) is 78.9 cm³/mol. The van der Waals surface area contributed by atoms with Crippen LogP contribution in [-0.2, 0) is 9.59 Å². The molecule has 0 aliphatic carbocycles. The third-order valence-corrected chi connectivity index (χ3v) is 3.85. The molecule has 1 amide bonds. The standard InChI is InChI=1S/C16H19NO4/c1-11(16(19)20)13-9-17(10-13)15(18)8-5-12-3-6-14(21-2)7-4-12/h3-8,11,13H,9-10H2,1-2H3,(H,19,20)/b8-5+. The summed E-state index contributed by atoms with van der Waals surface area (Å²) in [5, 5.41) is 8.91. The molecule has 0 aromatic heterocycles. The molecular formula is C16H19NO4. The van der Waals surface area contributed by atoms with Gasteiger partial charge in [0.05, 0.1) is 13.0 Å². The van der Waals surface area contributed by atoms with E-state index in [1.54, 1.807) is 25.0 Å². The van der Waals surface area contributed by atoms with Crippen LogP contribution in [-0.4, -0.2) is 42.1 Å². The first kappa shape index (κ1) is 15.1. The molecule has 1 atom stereocenters. The van der Waals surface area contributed by atoms with E-state index in [1.807, 2.05) is 24.3 Å². The van der Waals surface area contributed by atoms with Crippen molar-refractivity contribution < 1.29 is 19.4 Å². The number of carboxylic acid groups (broad SMARTS) is 1. The number of carboxylic acids is 1. The zero-order chi connectivity index (χ0) is 15.4. The van der Waals surface area contributed by atoms with Gasteiger partial charge in [-0.05, 0) is 23.8 Å². The van der Waals surface area contributed by atoms with E-state index in [0.717, 1.165) is 11.3 Å². The molecule has 0 bridgehead atoms. The molecule has 1 saturated heterocycles. The highest BCUT2D eigenvalue weighted by atomic mass is 16.5. The highest BCUT2D eigenvalue weighted by Crippen LogP contribution is 2.24. The van der Waals surface area contributed by atoms with Gasteiger partial charge in [-0.2, -0.15) is 0 Å². The van der Waals surface area contributed by atoms with Crippen LogP contribution >= 0.6 is 0 Å². The van der Waals surface area contributed by atoms with Crippen LogP contribution < -0.4 is 4.74 Å². The molecular weight excluding hydrogens is 270 g/mol. The Morgan fingerprint density at radius 3 is 2.48 bits per heavy atom. The second kappa shape index (κ2) is 6.43. The zero-order valence-corrected chi connectivity index (χ0v) is 12.2. The fourth-order valence-electron chi connectivity index (χ4n) is 2.20. The second-order valence-corrected chi connectivity index (χ2v) is 5.24. The number of carbonyl (C=O) groups is 2. The van der Waals surface area contributed by atoms with E-state index >= 15 is 0 Å². The fourth-order valence-corrected chi connectivity index (χ4v) is 2.20. The topological polar surface area (TPSA) is 66.8 Å². The third-order valence-electron chi connectivity index (χ3n) is 3.85. The molecule has 1 aromatic carbocycles. The van der Waals surface area contributed by atoms with Gasteiger partial charge in [0, 0.05) is 25.1 Å². The van der Waals surface area contributed by atoms with Gasteiger partial charge >= 0.3 is 5.97 Å². The molecule has 5 nitrogen and oxygen atoms in total. The lowest BCUT2D eigenvalue weighted by Gasteiger charge is -2.40. The molecule has 1 aliphatic heterocycles. The van der Waals surface area contributed by atoms with Crippen molar-refractivity contribution in [1.82, 2.24) is 4.90 Å². The number of hydrogen-bond acceptors (Lipinski definition) is 3. The molecule has 1 heterocycles. The summed E-state index contributed by atoms with van der Waals surface area (Å²) in [6, 6.07) is 7.40. The first-order chi connectivity index (χ1) is 10.0. The SMILES string of the molecule is COc1ccc(/C=C/C(=O)N2CC(C(C)C(=O)O)C2)cc1. The van der Waals surface area contributed by atoms with Crippen molar-refractivity contribution in [3.63, 3.8) is 0 Å².